The Balaban J connectivity index is 1.54. The van der Waals surface area contributed by atoms with E-state index in [1.807, 2.05) is 13.1 Å². The normalized spacial score (nSPS) is 21.1. The summed E-state index contributed by atoms with van der Waals surface area (Å²) in [7, 11) is 6.11. The Bertz CT molecular complexity index is 605. The smallest absolute Gasteiger partial charge is 0.193 e. The third-order valence-electron chi connectivity index (χ3n) is 4.87. The van der Waals surface area contributed by atoms with E-state index in [0.717, 1.165) is 37.1 Å². The molecule has 2 heterocycles. The number of hydrogen-bond acceptors (Lipinski definition) is 4. The van der Waals surface area contributed by atoms with Crippen molar-refractivity contribution in [2.24, 2.45) is 10.9 Å². The molecule has 0 saturated carbocycles. The van der Waals surface area contributed by atoms with Gasteiger partial charge in [0.25, 0.3) is 0 Å². The maximum absolute atomic E-state index is 5.68. The minimum atomic E-state index is 0.616. The van der Waals surface area contributed by atoms with Gasteiger partial charge in [-0.25, -0.2) is 0 Å². The summed E-state index contributed by atoms with van der Waals surface area (Å²) in [6.45, 7) is 5.37. The average molecular weight is 346 g/mol. The van der Waals surface area contributed by atoms with Crippen LogP contribution in [0, 0.1) is 5.92 Å². The zero-order chi connectivity index (χ0) is 17.6. The highest BCUT2D eigenvalue weighted by molar-refractivity contribution is 5.79. The predicted octanol–water partition coefficient (Wildman–Crippen LogP) is 1.81. The number of likely N-dealkylation sites (tertiary alicyclic amines) is 1. The lowest BCUT2D eigenvalue weighted by molar-refractivity contribution is 0.171. The zero-order valence-electron chi connectivity index (χ0n) is 15.6. The van der Waals surface area contributed by atoms with Gasteiger partial charge in [-0.15, -0.1) is 0 Å². The van der Waals surface area contributed by atoms with Crippen LogP contribution in [0.5, 0.6) is 11.5 Å². The molecule has 3 rings (SSSR count). The van der Waals surface area contributed by atoms with Crippen LogP contribution in [0.3, 0.4) is 0 Å². The molecule has 1 saturated heterocycles. The fraction of sp³-hybridized carbons (Fsp3) is 0.632. The van der Waals surface area contributed by atoms with E-state index in [9.17, 15) is 0 Å². The van der Waals surface area contributed by atoms with Gasteiger partial charge in [-0.2, -0.15) is 0 Å². The zero-order valence-corrected chi connectivity index (χ0v) is 15.6. The molecule has 6 nitrogen and oxygen atoms in total. The van der Waals surface area contributed by atoms with E-state index in [1.165, 1.54) is 24.9 Å². The lowest BCUT2D eigenvalue weighted by atomic mass is 9.98. The summed E-state index contributed by atoms with van der Waals surface area (Å²) in [5, 5.41) is 3.54. The minimum absolute atomic E-state index is 0.616. The summed E-state index contributed by atoms with van der Waals surface area (Å²) in [6.07, 6.45) is 2.58. The van der Waals surface area contributed by atoms with Gasteiger partial charge in [-0.3, -0.25) is 4.99 Å². The molecule has 2 aliphatic rings. The van der Waals surface area contributed by atoms with Gasteiger partial charge in [0.05, 0.1) is 0 Å². The number of fused-ring (bicyclic) bond motifs is 1. The van der Waals surface area contributed by atoms with Crippen molar-refractivity contribution in [3.63, 3.8) is 0 Å². The summed E-state index contributed by atoms with van der Waals surface area (Å²) in [4.78, 5) is 9.00. The van der Waals surface area contributed by atoms with Gasteiger partial charge in [0.2, 0.25) is 0 Å². The highest BCUT2D eigenvalue weighted by Crippen LogP contribution is 2.31. The molecule has 1 unspecified atom stereocenters. The van der Waals surface area contributed by atoms with Gasteiger partial charge in [0.1, 0.15) is 13.2 Å². The molecule has 0 amide bonds. The molecule has 0 spiro atoms. The van der Waals surface area contributed by atoms with Gasteiger partial charge >= 0.3 is 0 Å². The second-order valence-electron chi connectivity index (χ2n) is 7.03. The molecule has 0 bridgehead atoms. The number of aliphatic imine (C=N–C) groups is 1. The third-order valence-corrected chi connectivity index (χ3v) is 4.87. The van der Waals surface area contributed by atoms with Crippen LogP contribution in [0.1, 0.15) is 18.4 Å². The minimum Gasteiger partial charge on any atom is -0.486 e. The number of rotatable bonds is 4. The fourth-order valence-electron chi connectivity index (χ4n) is 3.60. The Hall–Kier alpha value is -1.95. The number of hydrogen-bond donors (Lipinski definition) is 1. The number of piperidine rings is 1. The first-order valence-corrected chi connectivity index (χ1v) is 9.14. The maximum atomic E-state index is 5.68. The number of guanidine groups is 1. The van der Waals surface area contributed by atoms with Crippen LogP contribution >= 0.6 is 0 Å². The van der Waals surface area contributed by atoms with Crippen LogP contribution in [0.2, 0.25) is 0 Å². The first-order chi connectivity index (χ1) is 12.2. The summed E-state index contributed by atoms with van der Waals surface area (Å²) >= 11 is 0. The standard InChI is InChI=1S/C19H30N4O2/c1-20-19(21-12-16-5-4-8-22(2)13-16)23(3)14-15-6-7-17-18(11-15)25-10-9-24-17/h6-7,11,16H,4-5,8-10,12-14H2,1-3H3,(H,20,21). The van der Waals surface area contributed by atoms with Crippen LogP contribution in [-0.4, -0.2) is 69.8 Å². The maximum Gasteiger partial charge on any atom is 0.193 e. The van der Waals surface area contributed by atoms with Crippen molar-refractivity contribution in [2.45, 2.75) is 19.4 Å². The SMILES string of the molecule is CN=C(NCC1CCCN(C)C1)N(C)Cc1ccc2c(c1)OCCO2. The van der Waals surface area contributed by atoms with Crippen LogP contribution in [-0.2, 0) is 6.54 Å². The number of ether oxygens (including phenoxy) is 2. The fourth-order valence-corrected chi connectivity index (χ4v) is 3.60. The lowest BCUT2D eigenvalue weighted by Gasteiger charge is -2.31. The Kier molecular flexibility index (Phi) is 6.02. The van der Waals surface area contributed by atoms with E-state index >= 15 is 0 Å². The van der Waals surface area contributed by atoms with Crippen molar-refractivity contribution >= 4 is 5.96 Å². The molecule has 1 N–H and O–H groups in total. The van der Waals surface area contributed by atoms with Crippen molar-refractivity contribution < 1.29 is 9.47 Å². The molecule has 1 atom stereocenters. The molecule has 1 fully saturated rings. The summed E-state index contributed by atoms with van der Waals surface area (Å²) in [5.41, 5.74) is 1.19. The van der Waals surface area contributed by atoms with Crippen LogP contribution in [0.4, 0.5) is 0 Å². The van der Waals surface area contributed by atoms with Gasteiger partial charge in [-0.1, -0.05) is 6.07 Å². The molecule has 1 aromatic carbocycles. The molecule has 25 heavy (non-hydrogen) atoms. The van der Waals surface area contributed by atoms with E-state index < -0.39 is 0 Å². The second kappa shape index (κ2) is 8.43. The van der Waals surface area contributed by atoms with Gasteiger partial charge in [0.15, 0.2) is 17.5 Å². The summed E-state index contributed by atoms with van der Waals surface area (Å²) < 4.78 is 11.3. The topological polar surface area (TPSA) is 49.3 Å². The van der Waals surface area contributed by atoms with Crippen molar-refractivity contribution in [1.29, 1.82) is 0 Å². The van der Waals surface area contributed by atoms with E-state index in [2.05, 4.69) is 46.3 Å². The van der Waals surface area contributed by atoms with Gasteiger partial charge in [0, 0.05) is 33.7 Å². The van der Waals surface area contributed by atoms with Crippen LogP contribution in [0.25, 0.3) is 0 Å². The molecule has 1 aromatic rings. The quantitative estimate of drug-likeness (QED) is 0.666. The van der Waals surface area contributed by atoms with Gasteiger partial charge in [-0.05, 0) is 50.0 Å². The molecule has 0 radical (unpaired) electrons. The monoisotopic (exact) mass is 346 g/mol. The number of benzene rings is 1. The molecular weight excluding hydrogens is 316 g/mol. The summed E-state index contributed by atoms with van der Waals surface area (Å²) in [5.74, 6) is 3.30. The van der Waals surface area contributed by atoms with E-state index in [-0.39, 0.29) is 0 Å². The highest BCUT2D eigenvalue weighted by Gasteiger charge is 2.18. The molecule has 138 valence electrons. The van der Waals surface area contributed by atoms with Crippen molar-refractivity contribution in [1.82, 2.24) is 15.1 Å². The van der Waals surface area contributed by atoms with Crippen molar-refractivity contribution in [2.75, 3.05) is 54.0 Å². The molecule has 6 heteroatoms. The van der Waals surface area contributed by atoms with E-state index in [4.69, 9.17) is 9.47 Å². The largest absolute Gasteiger partial charge is 0.486 e. The van der Waals surface area contributed by atoms with E-state index in [1.54, 1.807) is 0 Å². The van der Waals surface area contributed by atoms with Crippen molar-refractivity contribution in [3.8, 4) is 11.5 Å². The second-order valence-corrected chi connectivity index (χ2v) is 7.03. The number of nitrogens with zero attached hydrogens (tertiary/aromatic N) is 3. The van der Waals surface area contributed by atoms with Crippen LogP contribution in [0.15, 0.2) is 23.2 Å². The summed E-state index contributed by atoms with van der Waals surface area (Å²) in [6, 6.07) is 6.15. The van der Waals surface area contributed by atoms with Gasteiger partial charge < -0.3 is 24.6 Å². The lowest BCUT2D eigenvalue weighted by Crippen LogP contribution is -2.44. The number of nitrogens with one attached hydrogen (secondary N) is 1. The Morgan fingerprint density at radius 1 is 1.32 bits per heavy atom. The van der Waals surface area contributed by atoms with Crippen molar-refractivity contribution in [3.05, 3.63) is 23.8 Å². The van der Waals surface area contributed by atoms with Crippen LogP contribution < -0.4 is 14.8 Å². The first-order valence-electron chi connectivity index (χ1n) is 9.14. The Morgan fingerprint density at radius 2 is 2.12 bits per heavy atom. The molecule has 0 aromatic heterocycles. The molecular formula is C19H30N4O2. The molecule has 0 aliphatic carbocycles. The Morgan fingerprint density at radius 3 is 2.88 bits per heavy atom. The Labute approximate surface area is 150 Å². The third kappa shape index (κ3) is 4.78. The predicted molar refractivity (Wildman–Crippen MR) is 100 cm³/mol. The molecule has 2 aliphatic heterocycles. The highest BCUT2D eigenvalue weighted by atomic mass is 16.6. The first kappa shape index (κ1) is 17.9. The van der Waals surface area contributed by atoms with E-state index in [0.29, 0.717) is 19.1 Å². The average Bonchev–Trinajstić information content (AvgIpc) is 2.62.